The number of hydrogen-bond acceptors (Lipinski definition) is 4. The SMILES string of the molecule is CCc1ccc(-n2c(C)cc(/C=C(/C#N)C(=O)Nc3nccs3)c2C)cc1. The molecule has 27 heavy (non-hydrogen) atoms. The smallest absolute Gasteiger partial charge is 0.268 e. The molecule has 0 unspecified atom stereocenters. The molecule has 2 heterocycles. The van der Waals surface area contributed by atoms with Gasteiger partial charge in [-0.25, -0.2) is 4.98 Å². The molecule has 6 heteroatoms. The summed E-state index contributed by atoms with van der Waals surface area (Å²) in [6.45, 7) is 6.13. The zero-order valence-electron chi connectivity index (χ0n) is 15.5. The van der Waals surface area contributed by atoms with Crippen molar-refractivity contribution in [1.82, 2.24) is 9.55 Å². The molecule has 5 nitrogen and oxygen atoms in total. The molecule has 3 rings (SSSR count). The first-order valence-corrected chi connectivity index (χ1v) is 9.52. The Balaban J connectivity index is 1.93. The maximum absolute atomic E-state index is 12.3. The maximum Gasteiger partial charge on any atom is 0.268 e. The van der Waals surface area contributed by atoms with Crippen LogP contribution in [0.1, 0.15) is 29.4 Å². The third kappa shape index (κ3) is 3.99. The lowest BCUT2D eigenvalue weighted by molar-refractivity contribution is -0.112. The number of amides is 1. The van der Waals surface area contributed by atoms with Gasteiger partial charge in [-0.15, -0.1) is 11.3 Å². The molecule has 1 N–H and O–H groups in total. The van der Waals surface area contributed by atoms with Gasteiger partial charge in [0.25, 0.3) is 5.91 Å². The van der Waals surface area contributed by atoms with Crippen LogP contribution in [0.25, 0.3) is 11.8 Å². The molecule has 2 aromatic heterocycles. The number of hydrogen-bond donors (Lipinski definition) is 1. The Morgan fingerprint density at radius 3 is 2.67 bits per heavy atom. The summed E-state index contributed by atoms with van der Waals surface area (Å²) in [5.41, 5.74) is 5.26. The first kappa shape index (κ1) is 18.6. The highest BCUT2D eigenvalue weighted by Gasteiger charge is 2.14. The summed E-state index contributed by atoms with van der Waals surface area (Å²) in [6.07, 6.45) is 4.23. The van der Waals surface area contributed by atoms with Crippen LogP contribution in [0.4, 0.5) is 5.13 Å². The van der Waals surface area contributed by atoms with E-state index in [4.69, 9.17) is 0 Å². The van der Waals surface area contributed by atoms with Crippen molar-refractivity contribution in [2.75, 3.05) is 5.32 Å². The first-order valence-electron chi connectivity index (χ1n) is 8.64. The molecule has 0 fully saturated rings. The predicted molar refractivity (Wildman–Crippen MR) is 109 cm³/mol. The van der Waals surface area contributed by atoms with E-state index in [-0.39, 0.29) is 5.57 Å². The summed E-state index contributed by atoms with van der Waals surface area (Å²) in [7, 11) is 0. The van der Waals surface area contributed by atoms with Crippen molar-refractivity contribution in [2.24, 2.45) is 0 Å². The van der Waals surface area contributed by atoms with Crippen LogP contribution in [-0.2, 0) is 11.2 Å². The van der Waals surface area contributed by atoms with Gasteiger partial charge in [-0.1, -0.05) is 19.1 Å². The number of nitrogens with one attached hydrogen (secondary N) is 1. The fourth-order valence-corrected chi connectivity index (χ4v) is 3.49. The number of thiazole rings is 1. The molecule has 0 radical (unpaired) electrons. The van der Waals surface area contributed by atoms with Gasteiger partial charge in [0.05, 0.1) is 0 Å². The van der Waals surface area contributed by atoms with Crippen molar-refractivity contribution in [2.45, 2.75) is 27.2 Å². The fraction of sp³-hybridized carbons (Fsp3) is 0.190. The number of anilines is 1. The van der Waals surface area contributed by atoms with E-state index in [0.29, 0.717) is 5.13 Å². The standard InChI is InChI=1S/C21H20N4OS/c1-4-16-5-7-19(8-6-16)25-14(2)11-17(15(25)3)12-18(13-22)20(26)24-21-23-9-10-27-21/h5-12H,4H2,1-3H3,(H,23,24,26)/b18-12-. The van der Waals surface area contributed by atoms with Gasteiger partial charge in [0.15, 0.2) is 5.13 Å². The van der Waals surface area contributed by atoms with Crippen LogP contribution < -0.4 is 5.32 Å². The second-order valence-corrected chi connectivity index (χ2v) is 7.04. The van der Waals surface area contributed by atoms with E-state index in [0.717, 1.165) is 29.1 Å². The highest BCUT2D eigenvalue weighted by atomic mass is 32.1. The zero-order chi connectivity index (χ0) is 19.4. The largest absolute Gasteiger partial charge is 0.318 e. The maximum atomic E-state index is 12.3. The molecule has 0 aliphatic carbocycles. The third-order valence-corrected chi connectivity index (χ3v) is 5.08. The lowest BCUT2D eigenvalue weighted by atomic mass is 10.1. The summed E-state index contributed by atoms with van der Waals surface area (Å²) in [4.78, 5) is 16.4. The van der Waals surface area contributed by atoms with Crippen LogP contribution in [0.5, 0.6) is 0 Å². The number of nitrogens with zero attached hydrogens (tertiary/aromatic N) is 3. The van der Waals surface area contributed by atoms with Gasteiger partial charge in [0, 0.05) is 28.7 Å². The average Bonchev–Trinajstić information content (AvgIpc) is 3.27. The third-order valence-electron chi connectivity index (χ3n) is 4.39. The second kappa shape index (κ2) is 8.02. The Morgan fingerprint density at radius 2 is 2.07 bits per heavy atom. The molecule has 0 atom stereocenters. The molecule has 0 saturated carbocycles. The number of nitriles is 1. The zero-order valence-corrected chi connectivity index (χ0v) is 16.3. The lowest BCUT2D eigenvalue weighted by Gasteiger charge is -2.10. The van der Waals surface area contributed by atoms with Gasteiger partial charge in [0.1, 0.15) is 11.6 Å². The van der Waals surface area contributed by atoms with E-state index in [1.54, 1.807) is 17.7 Å². The van der Waals surface area contributed by atoms with Crippen molar-refractivity contribution in [1.29, 1.82) is 5.26 Å². The molecule has 3 aromatic rings. The summed E-state index contributed by atoms with van der Waals surface area (Å²) in [5, 5.41) is 14.3. The van der Waals surface area contributed by atoms with Crippen LogP contribution in [0.15, 0.2) is 47.5 Å². The number of rotatable bonds is 5. The van der Waals surface area contributed by atoms with Gasteiger partial charge >= 0.3 is 0 Å². The normalized spacial score (nSPS) is 11.3. The summed E-state index contributed by atoms with van der Waals surface area (Å²) in [6, 6.07) is 12.4. The minimum atomic E-state index is -0.454. The van der Waals surface area contributed by atoms with E-state index in [2.05, 4.69) is 46.1 Å². The highest BCUT2D eigenvalue weighted by Crippen LogP contribution is 2.23. The van der Waals surface area contributed by atoms with E-state index in [1.165, 1.54) is 16.9 Å². The summed E-state index contributed by atoms with van der Waals surface area (Å²) >= 11 is 1.31. The number of aryl methyl sites for hydroxylation is 2. The Morgan fingerprint density at radius 1 is 1.33 bits per heavy atom. The quantitative estimate of drug-likeness (QED) is 0.520. The Labute approximate surface area is 162 Å². The number of aromatic nitrogens is 2. The van der Waals surface area contributed by atoms with E-state index >= 15 is 0 Å². The van der Waals surface area contributed by atoms with Gasteiger partial charge in [-0.2, -0.15) is 5.26 Å². The van der Waals surface area contributed by atoms with Crippen LogP contribution in [0, 0.1) is 25.2 Å². The molecule has 0 bridgehead atoms. The highest BCUT2D eigenvalue weighted by molar-refractivity contribution is 7.13. The summed E-state index contributed by atoms with van der Waals surface area (Å²) < 4.78 is 2.12. The molecule has 1 amide bonds. The van der Waals surface area contributed by atoms with Crippen molar-refractivity contribution in [3.8, 4) is 11.8 Å². The van der Waals surface area contributed by atoms with E-state index in [1.807, 2.05) is 26.0 Å². The monoisotopic (exact) mass is 376 g/mol. The van der Waals surface area contributed by atoms with Crippen LogP contribution >= 0.6 is 11.3 Å². The molecule has 0 aliphatic heterocycles. The number of benzene rings is 1. The van der Waals surface area contributed by atoms with Crippen LogP contribution in [0.2, 0.25) is 0 Å². The van der Waals surface area contributed by atoms with Gasteiger partial charge < -0.3 is 4.57 Å². The molecule has 0 saturated heterocycles. The van der Waals surface area contributed by atoms with E-state index in [9.17, 15) is 10.1 Å². The van der Waals surface area contributed by atoms with Crippen molar-refractivity contribution >= 4 is 28.5 Å². The lowest BCUT2D eigenvalue weighted by Crippen LogP contribution is -2.13. The topological polar surface area (TPSA) is 70.7 Å². The predicted octanol–water partition coefficient (Wildman–Crippen LogP) is 4.66. The minimum Gasteiger partial charge on any atom is -0.318 e. The van der Waals surface area contributed by atoms with Gasteiger partial charge in [0.2, 0.25) is 0 Å². The van der Waals surface area contributed by atoms with Gasteiger partial charge in [-0.05, 0) is 55.7 Å². The number of carbonyl (C=O) groups is 1. The van der Waals surface area contributed by atoms with Crippen LogP contribution in [-0.4, -0.2) is 15.5 Å². The Hall–Kier alpha value is -3.17. The average molecular weight is 376 g/mol. The van der Waals surface area contributed by atoms with Crippen molar-refractivity contribution in [3.63, 3.8) is 0 Å². The van der Waals surface area contributed by atoms with Crippen molar-refractivity contribution < 1.29 is 4.79 Å². The summed E-state index contributed by atoms with van der Waals surface area (Å²) in [5.74, 6) is -0.454. The molecular weight excluding hydrogens is 356 g/mol. The molecule has 1 aromatic carbocycles. The molecular formula is C21H20N4OS. The van der Waals surface area contributed by atoms with Crippen LogP contribution in [0.3, 0.4) is 0 Å². The number of carbonyl (C=O) groups excluding carboxylic acids is 1. The first-order chi connectivity index (χ1) is 13.0. The molecule has 0 spiro atoms. The van der Waals surface area contributed by atoms with Crippen molar-refractivity contribution in [3.05, 3.63) is 70.0 Å². The minimum absolute atomic E-state index is 0.0479. The fourth-order valence-electron chi connectivity index (χ4n) is 2.97. The molecule has 136 valence electrons. The molecule has 0 aliphatic rings. The Bertz CT molecular complexity index is 1020. The van der Waals surface area contributed by atoms with Gasteiger partial charge in [-0.3, -0.25) is 10.1 Å². The second-order valence-electron chi connectivity index (χ2n) is 6.14. The Kier molecular flexibility index (Phi) is 5.53. The van der Waals surface area contributed by atoms with E-state index < -0.39 is 5.91 Å².